The molecule has 0 bridgehead atoms. The largest absolute Gasteiger partial charge is 1.00 e. The number of aromatic nitrogens is 7. The van der Waals surface area contributed by atoms with Crippen LogP contribution in [0.4, 0.5) is 89.8 Å². The van der Waals surface area contributed by atoms with Gasteiger partial charge in [0.2, 0.25) is 18.1 Å². The van der Waals surface area contributed by atoms with E-state index in [-0.39, 0.29) is 84.2 Å². The number of nitrogens with zero attached hydrogens (tertiary/aromatic N) is 12. The van der Waals surface area contributed by atoms with Gasteiger partial charge >= 0.3 is 61.8 Å². The number of hydrogen-bond acceptors (Lipinski definition) is 22. The number of para-hydroxylation sites is 5. The van der Waals surface area contributed by atoms with Gasteiger partial charge < -0.3 is 42.8 Å². The van der Waals surface area contributed by atoms with Gasteiger partial charge in [0.05, 0.1) is 73.6 Å². The van der Waals surface area contributed by atoms with E-state index in [9.17, 15) is 86.2 Å². The summed E-state index contributed by atoms with van der Waals surface area (Å²) in [6.45, 7) is 9.01. The van der Waals surface area contributed by atoms with Crippen LogP contribution >= 0.6 is 15.9 Å². The predicted molar refractivity (Wildman–Crippen MR) is 491 cm³/mol. The SMILES string of the molecule is CC(=O)C(NC(=O)OCc1ccccc1)n1nnc2ccccc21.CCC#N.CN1C(=O)C(NC(=O)OCc2ccccc2)N=C(c2ccc(C(F)(F)F)cn2)c2ccccc21.FC(F)(F)c1ccc(Br)nc1.N#Cc1ccccc1N.Nc1ccccc1C(=O)c1ccc(C(F)(F)F)cn1.O=C(NC1N=C(c2ccc(C(F)(F)F)cn2)c2ccccc2NC1=O)OCc1ccccc1.[CH2-]CCC.[Li+]. The van der Waals surface area contributed by atoms with Crippen molar-refractivity contribution in [3.05, 3.63) is 375 Å². The maximum absolute atomic E-state index is 13.1. The molecule has 0 saturated carbocycles. The van der Waals surface area contributed by atoms with Crippen LogP contribution in [0.5, 0.6) is 0 Å². The number of hydrogen-bond donors (Lipinski definition) is 6. The van der Waals surface area contributed by atoms with Crippen molar-refractivity contribution in [3.63, 3.8) is 0 Å². The van der Waals surface area contributed by atoms with Crippen LogP contribution in [-0.2, 0) is 73.1 Å². The normalized spacial score (nSPS) is 13.0. The first-order valence-corrected chi connectivity index (χ1v) is 41.8. The number of likely N-dealkylation sites (N-methyl/N-ethyl adjacent to an activating group) is 1. The molecule has 0 fully saturated rings. The molecule has 5 amide bonds. The van der Waals surface area contributed by atoms with E-state index in [0.29, 0.717) is 74.4 Å². The van der Waals surface area contributed by atoms with Gasteiger partial charge in [-0.15, -0.1) is 5.10 Å². The average Bonchev–Trinajstić information content (AvgIpc) is 1.66. The summed E-state index contributed by atoms with van der Waals surface area (Å²) in [6.07, 6.45) is -18.3. The van der Waals surface area contributed by atoms with E-state index in [2.05, 4.69) is 91.3 Å². The molecular formula is C97H84BrF12LiN18O10. The van der Waals surface area contributed by atoms with Gasteiger partial charge in [0.25, 0.3) is 11.8 Å². The van der Waals surface area contributed by atoms with Crippen LogP contribution in [0.15, 0.2) is 300 Å². The van der Waals surface area contributed by atoms with Gasteiger partial charge in [-0.2, -0.15) is 69.6 Å². The Kier molecular flexibility index (Phi) is 42.2. The number of carbonyl (C=O) groups is 7. The molecule has 0 spiro atoms. The number of ketones is 2. The number of carbonyl (C=O) groups excluding carboxylic acids is 7. The molecule has 2 aliphatic heterocycles. The molecule has 3 atom stereocenters. The zero-order valence-electron chi connectivity index (χ0n) is 74.3. The fraction of sp³-hybridized carbons (Fsp3) is 0.175. The summed E-state index contributed by atoms with van der Waals surface area (Å²) in [5.41, 5.74) is 15.0. The maximum atomic E-state index is 13.1. The molecule has 0 aliphatic carbocycles. The molecule has 28 nitrogen and oxygen atoms in total. The Morgan fingerprint density at radius 1 is 0.518 bits per heavy atom. The summed E-state index contributed by atoms with van der Waals surface area (Å²) < 4.78 is 168. The number of amides is 5. The number of fused-ring (bicyclic) bond motifs is 3. The molecule has 8 aromatic carbocycles. The molecule has 3 unspecified atom stereocenters. The summed E-state index contributed by atoms with van der Waals surface area (Å²) >= 11 is 2.93. The van der Waals surface area contributed by atoms with Crippen molar-refractivity contribution in [2.24, 2.45) is 9.98 Å². The molecule has 5 aromatic heterocycles. The summed E-state index contributed by atoms with van der Waals surface area (Å²) in [7, 11) is 1.52. The molecule has 0 radical (unpaired) electrons. The number of Topliss-reactive ketones (excluding diaryl/α,β-unsaturated/α-hetero) is 1. The average molecular weight is 1980 g/mol. The summed E-state index contributed by atoms with van der Waals surface area (Å²) in [6, 6.07) is 73.2. The van der Waals surface area contributed by atoms with E-state index in [1.165, 1.54) is 60.3 Å². The number of aliphatic imine (C=N–C) groups is 2. The van der Waals surface area contributed by atoms with Crippen molar-refractivity contribution in [2.45, 2.75) is 103 Å². The molecular weight excluding hydrogens is 1890 g/mol. The second-order valence-corrected chi connectivity index (χ2v) is 29.3. The number of pyridine rings is 4. The van der Waals surface area contributed by atoms with E-state index in [1.54, 1.807) is 146 Å². The smallest absolute Gasteiger partial charge is 0.445 e. The Morgan fingerprint density at radius 3 is 1.38 bits per heavy atom. The number of alkyl carbamates (subject to hydrolysis) is 3. The van der Waals surface area contributed by atoms with Gasteiger partial charge in [-0.25, -0.2) is 34.0 Å². The fourth-order valence-electron chi connectivity index (χ4n) is 11.5. The number of halogens is 13. The number of nitrogen functional groups attached to an aromatic ring is 2. The van der Waals surface area contributed by atoms with Crippen molar-refractivity contribution in [1.29, 1.82) is 10.5 Å². The van der Waals surface area contributed by atoms with Crippen molar-refractivity contribution in [3.8, 4) is 12.1 Å². The molecule has 13 aromatic rings. The zero-order chi connectivity index (χ0) is 101. The number of nitrogens with one attached hydrogen (secondary N) is 4. The monoisotopic (exact) mass is 1970 g/mol. The minimum absolute atomic E-state index is 0. The number of rotatable bonds is 16. The standard InChI is InChI=1S/C24H19F3N4O3.C23H17F3N4O3.C17H16N4O3.C13H9F3N2O.C7H6N2.C6H3BrF3N.C4H9.C3H5N.Li/c1-31-19-10-6-5-9-17(19)20(18-12-11-16(13-28-18)24(25,26)27)29-21(22(31)32)30-23(33)34-14-15-7-3-2-4-8-15;24-23(25,26)15-10-11-18(27-12-15)19-16-8-4-5-9-17(16)28-21(31)20(29-19)30-22(32)33-13-14-6-2-1-3-7-14;1-12(22)16(21-15-10-6-5-9-14(15)19-20-21)18-17(23)24-11-13-7-3-2-4-8-13;14-13(15,16)8-5-6-11(18-7-8)12(19)9-3-1-2-4-10(9)17;8-5-6-3-1-2-4-7(6)9;7-5-2-1-4(3-11-5)6(8,9)10;1-3-4-2;1-2-3-4;/h2-13,21H,14H2,1H3,(H,30,33);1-12,20H,13H2,(H,28,31)(H,30,32);2-10,16H,11H2,1H3,(H,18,23);1-7H,17H2;1-4H,9H2;1-3H;1,3-4H2,2H3;2H2,1H3;/q;;;;;;-1;;+1. The van der Waals surface area contributed by atoms with E-state index in [1.807, 2.05) is 73.7 Å². The summed E-state index contributed by atoms with van der Waals surface area (Å²) in [5, 5.41) is 34.0. The first-order chi connectivity index (χ1) is 65.8. The van der Waals surface area contributed by atoms with Crippen molar-refractivity contribution in [1.82, 2.24) is 50.9 Å². The van der Waals surface area contributed by atoms with Crippen molar-refractivity contribution < 1.29 is 119 Å². The number of unbranched alkanes of at least 4 members (excludes halogenated alkanes) is 1. The Bertz CT molecular complexity index is 6400. The summed E-state index contributed by atoms with van der Waals surface area (Å²) in [4.78, 5) is 111. The van der Waals surface area contributed by atoms with Gasteiger partial charge in [0.1, 0.15) is 41.7 Å². The second-order valence-electron chi connectivity index (χ2n) is 28.5. The first-order valence-electron chi connectivity index (χ1n) is 41.0. The van der Waals surface area contributed by atoms with Crippen molar-refractivity contribution >= 4 is 103 Å². The number of alkyl halides is 12. The molecule has 7 heterocycles. The van der Waals surface area contributed by atoms with Crippen LogP contribution in [0.2, 0.25) is 0 Å². The topological polar surface area (TPSA) is 405 Å². The number of nitriles is 2. The van der Waals surface area contributed by atoms with Crippen LogP contribution in [-0.4, -0.2) is 107 Å². The number of nitrogens with two attached hydrogens (primary N) is 2. The Morgan fingerprint density at radius 2 is 0.935 bits per heavy atom. The quantitative estimate of drug-likeness (QED) is 0.00995. The minimum Gasteiger partial charge on any atom is -0.445 e. The predicted octanol–water partition coefficient (Wildman–Crippen LogP) is 17.2. The van der Waals surface area contributed by atoms with Crippen molar-refractivity contribution in [2.75, 3.05) is 28.7 Å². The van der Waals surface area contributed by atoms with Crippen LogP contribution in [0.3, 0.4) is 0 Å². The number of ether oxygens (including phenoxy) is 3. The van der Waals surface area contributed by atoms with Gasteiger partial charge in [-0.05, 0) is 137 Å². The maximum Gasteiger partial charge on any atom is 1.00 e. The third kappa shape index (κ3) is 34.1. The van der Waals surface area contributed by atoms with Crippen LogP contribution in [0.1, 0.15) is 129 Å². The van der Waals surface area contributed by atoms with Crippen LogP contribution in [0, 0.1) is 29.6 Å². The third-order valence-electron chi connectivity index (χ3n) is 18.5. The number of anilines is 4. The van der Waals surface area contributed by atoms with Gasteiger partial charge in [0.15, 0.2) is 11.9 Å². The van der Waals surface area contributed by atoms with E-state index < -0.39 is 101 Å². The molecule has 42 heteroatoms. The summed E-state index contributed by atoms with van der Waals surface area (Å²) in [5.74, 6) is -1.97. The van der Waals surface area contributed by atoms with Gasteiger partial charge in [-0.1, -0.05) is 189 Å². The first kappa shape index (κ1) is 110. The van der Waals surface area contributed by atoms with Crippen LogP contribution in [0.25, 0.3) is 11.0 Å². The van der Waals surface area contributed by atoms with E-state index in [4.69, 9.17) is 36.2 Å². The Balaban J connectivity index is 0.000000233. The minimum atomic E-state index is -4.54. The fourth-order valence-corrected chi connectivity index (χ4v) is 11.7. The number of benzene rings is 8. The molecule has 2 aliphatic rings. The second kappa shape index (κ2) is 53.3. The molecule has 8 N–H and O–H groups in total. The molecule has 714 valence electrons. The molecule has 139 heavy (non-hydrogen) atoms. The molecule has 0 saturated heterocycles. The third-order valence-corrected chi connectivity index (χ3v) is 19.0. The van der Waals surface area contributed by atoms with E-state index in [0.717, 1.165) is 59.6 Å². The van der Waals surface area contributed by atoms with Crippen LogP contribution < -0.4 is 56.5 Å². The van der Waals surface area contributed by atoms with Gasteiger partial charge in [-0.3, -0.25) is 50.1 Å². The van der Waals surface area contributed by atoms with E-state index >= 15 is 0 Å². The molecule has 15 rings (SSSR count). The number of benzodiazepines with no additional fused rings is 2. The van der Waals surface area contributed by atoms with Gasteiger partial charge in [0, 0.05) is 66.3 Å². The Hall–Kier alpha value is -16.0. The Labute approximate surface area is 808 Å². The zero-order valence-corrected chi connectivity index (χ0v) is 75.9.